The van der Waals surface area contributed by atoms with Crippen molar-refractivity contribution in [2.24, 2.45) is 0 Å². The molecule has 0 aliphatic carbocycles. The lowest BCUT2D eigenvalue weighted by atomic mass is 10.1. The first-order chi connectivity index (χ1) is 11.0. The van der Waals surface area contributed by atoms with Crippen molar-refractivity contribution in [2.75, 3.05) is 14.2 Å². The van der Waals surface area contributed by atoms with Crippen LogP contribution in [0.4, 0.5) is 0 Å². The number of phenolic OH excluding ortho intramolecular Hbond substituents is 2. The Morgan fingerprint density at radius 3 is 2.00 bits per heavy atom. The first-order valence-corrected chi connectivity index (χ1v) is 6.91. The molecule has 0 atom stereocenters. The van der Waals surface area contributed by atoms with Gasteiger partial charge in [0.25, 0.3) is 0 Å². The summed E-state index contributed by atoms with van der Waals surface area (Å²) in [5.74, 6) is 0.254. The minimum absolute atomic E-state index is 0.0146. The van der Waals surface area contributed by atoms with Gasteiger partial charge in [-0.15, -0.1) is 0 Å². The predicted octanol–water partition coefficient (Wildman–Crippen LogP) is 2.40. The lowest BCUT2D eigenvalue weighted by molar-refractivity contribution is -0.144. The Balaban J connectivity index is 1.95. The minimum Gasteiger partial charge on any atom is -0.504 e. The lowest BCUT2D eigenvalue weighted by Gasteiger charge is -2.09. The van der Waals surface area contributed by atoms with Crippen LogP contribution in [-0.2, 0) is 22.6 Å². The number of benzene rings is 2. The Morgan fingerprint density at radius 1 is 0.913 bits per heavy atom. The monoisotopic (exact) mass is 318 g/mol. The van der Waals surface area contributed by atoms with Gasteiger partial charge >= 0.3 is 5.97 Å². The lowest BCUT2D eigenvalue weighted by Crippen LogP contribution is -2.08. The van der Waals surface area contributed by atoms with Crippen LogP contribution in [0.3, 0.4) is 0 Å². The summed E-state index contributed by atoms with van der Waals surface area (Å²) in [7, 11) is 2.89. The summed E-state index contributed by atoms with van der Waals surface area (Å²) < 4.78 is 15.2. The molecular weight excluding hydrogens is 300 g/mol. The quantitative estimate of drug-likeness (QED) is 0.796. The minimum atomic E-state index is -0.412. The van der Waals surface area contributed by atoms with Crippen molar-refractivity contribution in [3.8, 4) is 23.0 Å². The fourth-order valence-electron chi connectivity index (χ4n) is 2.03. The first kappa shape index (κ1) is 16.5. The summed E-state index contributed by atoms with van der Waals surface area (Å²) in [5, 5.41) is 19.0. The van der Waals surface area contributed by atoms with Crippen molar-refractivity contribution < 1.29 is 29.2 Å². The molecule has 0 aromatic heterocycles. The van der Waals surface area contributed by atoms with Gasteiger partial charge in [0.15, 0.2) is 23.0 Å². The first-order valence-electron chi connectivity index (χ1n) is 6.91. The molecule has 122 valence electrons. The smallest absolute Gasteiger partial charge is 0.310 e. The summed E-state index contributed by atoms with van der Waals surface area (Å²) in [6, 6.07) is 9.41. The van der Waals surface area contributed by atoms with Gasteiger partial charge in [-0.1, -0.05) is 12.1 Å². The van der Waals surface area contributed by atoms with E-state index < -0.39 is 5.97 Å². The van der Waals surface area contributed by atoms with Crippen LogP contribution in [0.1, 0.15) is 11.1 Å². The molecule has 23 heavy (non-hydrogen) atoms. The highest BCUT2D eigenvalue weighted by atomic mass is 16.5. The Labute approximate surface area is 133 Å². The largest absolute Gasteiger partial charge is 0.504 e. The van der Waals surface area contributed by atoms with Gasteiger partial charge in [-0.25, -0.2) is 0 Å². The number of rotatable bonds is 6. The second-order valence-electron chi connectivity index (χ2n) is 4.85. The van der Waals surface area contributed by atoms with E-state index in [0.717, 1.165) is 0 Å². The van der Waals surface area contributed by atoms with E-state index in [4.69, 9.17) is 14.2 Å². The Hall–Kier alpha value is -2.89. The third-order valence-corrected chi connectivity index (χ3v) is 3.24. The van der Waals surface area contributed by atoms with Crippen LogP contribution < -0.4 is 9.47 Å². The van der Waals surface area contributed by atoms with E-state index in [-0.39, 0.29) is 24.5 Å². The van der Waals surface area contributed by atoms with Crippen LogP contribution in [0.15, 0.2) is 36.4 Å². The standard InChI is InChI=1S/C17H18O6/c1-21-15-7-11(3-5-13(15)18)9-17(20)23-10-12-4-6-14(19)16(8-12)22-2/h3-8,18-19H,9-10H2,1-2H3. The Morgan fingerprint density at radius 2 is 1.43 bits per heavy atom. The maximum Gasteiger partial charge on any atom is 0.310 e. The van der Waals surface area contributed by atoms with E-state index in [0.29, 0.717) is 22.6 Å². The van der Waals surface area contributed by atoms with Crippen LogP contribution in [0.2, 0.25) is 0 Å². The van der Waals surface area contributed by atoms with Gasteiger partial charge in [-0.05, 0) is 35.4 Å². The molecule has 0 unspecified atom stereocenters. The Kier molecular flexibility index (Phi) is 5.30. The highest BCUT2D eigenvalue weighted by Crippen LogP contribution is 2.27. The van der Waals surface area contributed by atoms with Crippen LogP contribution in [-0.4, -0.2) is 30.4 Å². The zero-order valence-corrected chi connectivity index (χ0v) is 12.9. The molecule has 0 radical (unpaired) electrons. The van der Waals surface area contributed by atoms with Crippen molar-refractivity contribution >= 4 is 5.97 Å². The van der Waals surface area contributed by atoms with Crippen molar-refractivity contribution in [1.82, 2.24) is 0 Å². The molecule has 2 aromatic rings. The van der Waals surface area contributed by atoms with Gasteiger partial charge in [-0.3, -0.25) is 4.79 Å². The molecule has 2 aromatic carbocycles. The van der Waals surface area contributed by atoms with Gasteiger partial charge in [0.1, 0.15) is 6.61 Å². The molecule has 0 saturated carbocycles. The predicted molar refractivity (Wildman–Crippen MR) is 82.8 cm³/mol. The molecule has 0 spiro atoms. The maximum absolute atomic E-state index is 11.9. The molecule has 0 heterocycles. The fourth-order valence-corrected chi connectivity index (χ4v) is 2.03. The third-order valence-electron chi connectivity index (χ3n) is 3.24. The van der Waals surface area contributed by atoms with Gasteiger partial charge in [-0.2, -0.15) is 0 Å². The maximum atomic E-state index is 11.9. The molecule has 0 aliphatic rings. The summed E-state index contributed by atoms with van der Waals surface area (Å²) in [4.78, 5) is 11.9. The average molecular weight is 318 g/mol. The molecular formula is C17H18O6. The highest BCUT2D eigenvalue weighted by molar-refractivity contribution is 5.73. The summed E-state index contributed by atoms with van der Waals surface area (Å²) in [6.45, 7) is 0.0741. The number of methoxy groups -OCH3 is 2. The number of ether oxygens (including phenoxy) is 3. The number of carbonyl (C=O) groups is 1. The second kappa shape index (κ2) is 7.40. The summed E-state index contributed by atoms with van der Waals surface area (Å²) in [6.07, 6.45) is 0.0614. The van der Waals surface area contributed by atoms with Crippen LogP contribution in [0, 0.1) is 0 Å². The van der Waals surface area contributed by atoms with Crippen molar-refractivity contribution in [1.29, 1.82) is 0 Å². The molecule has 2 rings (SSSR count). The molecule has 6 nitrogen and oxygen atoms in total. The molecule has 0 amide bonds. The van der Waals surface area contributed by atoms with E-state index in [1.165, 1.54) is 26.4 Å². The number of hydrogen-bond donors (Lipinski definition) is 2. The number of phenols is 2. The molecule has 2 N–H and O–H groups in total. The van der Waals surface area contributed by atoms with Crippen molar-refractivity contribution in [3.05, 3.63) is 47.5 Å². The van der Waals surface area contributed by atoms with Crippen LogP contribution in [0.5, 0.6) is 23.0 Å². The zero-order chi connectivity index (χ0) is 16.8. The second-order valence-corrected chi connectivity index (χ2v) is 4.85. The SMILES string of the molecule is COc1cc(COC(=O)Cc2ccc(O)c(OC)c2)ccc1O. The topological polar surface area (TPSA) is 85.2 Å². The molecule has 0 fully saturated rings. The normalized spacial score (nSPS) is 10.2. The van der Waals surface area contributed by atoms with E-state index in [9.17, 15) is 15.0 Å². The number of carbonyl (C=O) groups excluding carboxylic acids is 1. The van der Waals surface area contributed by atoms with E-state index in [1.54, 1.807) is 24.3 Å². The van der Waals surface area contributed by atoms with Crippen LogP contribution in [0.25, 0.3) is 0 Å². The molecule has 6 heteroatoms. The average Bonchev–Trinajstić information content (AvgIpc) is 2.55. The molecule has 0 saturated heterocycles. The number of esters is 1. The molecule has 0 aliphatic heterocycles. The summed E-state index contributed by atoms with van der Waals surface area (Å²) in [5.41, 5.74) is 1.38. The van der Waals surface area contributed by atoms with Gasteiger partial charge in [0.05, 0.1) is 20.6 Å². The summed E-state index contributed by atoms with van der Waals surface area (Å²) >= 11 is 0. The van der Waals surface area contributed by atoms with E-state index >= 15 is 0 Å². The van der Waals surface area contributed by atoms with Gasteiger partial charge in [0, 0.05) is 0 Å². The van der Waals surface area contributed by atoms with Crippen molar-refractivity contribution in [3.63, 3.8) is 0 Å². The Bertz CT molecular complexity index is 695. The zero-order valence-electron chi connectivity index (χ0n) is 12.9. The number of hydrogen-bond acceptors (Lipinski definition) is 6. The van der Waals surface area contributed by atoms with Gasteiger partial charge in [0.2, 0.25) is 0 Å². The fraction of sp³-hybridized carbons (Fsp3) is 0.235. The number of aromatic hydroxyl groups is 2. The van der Waals surface area contributed by atoms with E-state index in [2.05, 4.69) is 0 Å². The highest BCUT2D eigenvalue weighted by Gasteiger charge is 2.10. The molecule has 0 bridgehead atoms. The third kappa shape index (κ3) is 4.29. The van der Waals surface area contributed by atoms with E-state index in [1.807, 2.05) is 0 Å². The van der Waals surface area contributed by atoms with Gasteiger partial charge < -0.3 is 24.4 Å². The van der Waals surface area contributed by atoms with Crippen LogP contribution >= 0.6 is 0 Å². The van der Waals surface area contributed by atoms with Crippen molar-refractivity contribution in [2.45, 2.75) is 13.0 Å².